The number of rotatable bonds is 3. The van der Waals surface area contributed by atoms with Crippen LogP contribution in [0.4, 0.5) is 0 Å². The van der Waals surface area contributed by atoms with Gasteiger partial charge in [0.1, 0.15) is 0 Å². The van der Waals surface area contributed by atoms with E-state index < -0.39 is 5.41 Å². The molecule has 0 aliphatic carbocycles. The van der Waals surface area contributed by atoms with Crippen molar-refractivity contribution in [3.8, 4) is 0 Å². The predicted molar refractivity (Wildman–Crippen MR) is 52.0 cm³/mol. The molecule has 1 rings (SSSR count). The zero-order chi connectivity index (χ0) is 9.90. The van der Waals surface area contributed by atoms with Gasteiger partial charge in [-0.25, -0.2) is 0 Å². The lowest BCUT2D eigenvalue weighted by molar-refractivity contribution is -0.122. The first-order valence-corrected chi connectivity index (χ1v) is 4.17. The van der Waals surface area contributed by atoms with Crippen LogP contribution in [0.1, 0.15) is 12.5 Å². The van der Waals surface area contributed by atoms with Crippen molar-refractivity contribution in [1.82, 2.24) is 0 Å². The minimum Gasteiger partial charge on any atom is -0.369 e. The highest BCUT2D eigenvalue weighted by Crippen LogP contribution is 2.21. The Hall–Kier alpha value is -1.35. The zero-order valence-electron chi connectivity index (χ0n) is 7.66. The fraction of sp³-hybridized carbons (Fsp3) is 0.300. The minimum absolute atomic E-state index is 0.229. The first kappa shape index (κ1) is 9.74. The van der Waals surface area contributed by atoms with Crippen LogP contribution in [0.5, 0.6) is 0 Å². The molecule has 4 N–H and O–H groups in total. The van der Waals surface area contributed by atoms with Crippen molar-refractivity contribution in [3.05, 3.63) is 35.9 Å². The van der Waals surface area contributed by atoms with E-state index in [9.17, 15) is 4.79 Å². The summed E-state index contributed by atoms with van der Waals surface area (Å²) in [6.07, 6.45) is 0. The van der Waals surface area contributed by atoms with Crippen molar-refractivity contribution in [2.24, 2.45) is 11.5 Å². The molecule has 1 unspecified atom stereocenters. The highest BCUT2D eigenvalue weighted by atomic mass is 16.1. The van der Waals surface area contributed by atoms with Crippen molar-refractivity contribution in [3.63, 3.8) is 0 Å². The molecular weight excluding hydrogens is 164 g/mol. The molecule has 0 aliphatic rings. The monoisotopic (exact) mass is 178 g/mol. The van der Waals surface area contributed by atoms with Crippen molar-refractivity contribution >= 4 is 5.91 Å². The molecule has 1 amide bonds. The number of carbonyl (C=O) groups is 1. The summed E-state index contributed by atoms with van der Waals surface area (Å²) in [5.74, 6) is -0.388. The maximum Gasteiger partial charge on any atom is 0.229 e. The van der Waals surface area contributed by atoms with E-state index in [0.29, 0.717) is 0 Å². The zero-order valence-corrected chi connectivity index (χ0v) is 7.66. The molecule has 0 heterocycles. The van der Waals surface area contributed by atoms with Gasteiger partial charge in [-0.1, -0.05) is 30.3 Å². The van der Waals surface area contributed by atoms with Gasteiger partial charge in [0, 0.05) is 6.54 Å². The van der Waals surface area contributed by atoms with Crippen LogP contribution in [0.15, 0.2) is 30.3 Å². The summed E-state index contributed by atoms with van der Waals surface area (Å²) in [5.41, 5.74) is 11.0. The molecule has 13 heavy (non-hydrogen) atoms. The Morgan fingerprint density at radius 3 is 2.31 bits per heavy atom. The van der Waals surface area contributed by atoms with Gasteiger partial charge in [-0.2, -0.15) is 0 Å². The first-order chi connectivity index (χ1) is 6.11. The van der Waals surface area contributed by atoms with Crippen molar-refractivity contribution in [2.75, 3.05) is 6.54 Å². The summed E-state index contributed by atoms with van der Waals surface area (Å²) in [7, 11) is 0. The van der Waals surface area contributed by atoms with Crippen LogP contribution in [0.3, 0.4) is 0 Å². The maximum absolute atomic E-state index is 11.2. The predicted octanol–water partition coefficient (Wildman–Crippen LogP) is 0.388. The van der Waals surface area contributed by atoms with Gasteiger partial charge >= 0.3 is 0 Å². The van der Waals surface area contributed by atoms with Gasteiger partial charge in [0.25, 0.3) is 0 Å². The Labute approximate surface area is 77.7 Å². The lowest BCUT2D eigenvalue weighted by Gasteiger charge is -2.24. The Morgan fingerprint density at radius 1 is 1.38 bits per heavy atom. The number of amides is 1. The molecule has 3 nitrogen and oxygen atoms in total. The van der Waals surface area contributed by atoms with Crippen LogP contribution < -0.4 is 11.5 Å². The van der Waals surface area contributed by atoms with Crippen LogP contribution >= 0.6 is 0 Å². The molecule has 1 atom stereocenters. The molecule has 0 saturated carbocycles. The van der Waals surface area contributed by atoms with Crippen LogP contribution in [-0.2, 0) is 10.2 Å². The van der Waals surface area contributed by atoms with Crippen molar-refractivity contribution in [1.29, 1.82) is 0 Å². The number of primary amides is 1. The Kier molecular flexibility index (Phi) is 2.68. The highest BCUT2D eigenvalue weighted by molar-refractivity contribution is 5.86. The fourth-order valence-corrected chi connectivity index (χ4v) is 1.17. The van der Waals surface area contributed by atoms with Crippen LogP contribution in [0.2, 0.25) is 0 Å². The van der Waals surface area contributed by atoms with E-state index in [1.165, 1.54) is 0 Å². The lowest BCUT2D eigenvalue weighted by atomic mass is 9.82. The second-order valence-corrected chi connectivity index (χ2v) is 3.27. The van der Waals surface area contributed by atoms with Crippen LogP contribution in [0, 0.1) is 0 Å². The van der Waals surface area contributed by atoms with Gasteiger partial charge in [0.05, 0.1) is 5.41 Å². The molecular formula is C10H14N2O. The summed E-state index contributed by atoms with van der Waals surface area (Å²) in [5, 5.41) is 0. The quantitative estimate of drug-likeness (QED) is 0.703. The number of benzene rings is 1. The molecule has 0 saturated heterocycles. The van der Waals surface area contributed by atoms with E-state index >= 15 is 0 Å². The Balaban J connectivity index is 3.11. The van der Waals surface area contributed by atoms with E-state index in [4.69, 9.17) is 11.5 Å². The molecule has 70 valence electrons. The lowest BCUT2D eigenvalue weighted by Crippen LogP contribution is -2.44. The molecule has 0 aromatic heterocycles. The normalized spacial score (nSPS) is 14.9. The highest BCUT2D eigenvalue weighted by Gasteiger charge is 2.31. The standard InChI is InChI=1S/C10H14N2O/c1-10(7-11,9(12)13)8-5-3-2-4-6-8/h2-6H,7,11H2,1H3,(H2,12,13). The maximum atomic E-state index is 11.2. The van der Waals surface area contributed by atoms with Crippen molar-refractivity contribution < 1.29 is 4.79 Å². The molecule has 1 aromatic carbocycles. The van der Waals surface area contributed by atoms with E-state index in [1.807, 2.05) is 30.3 Å². The largest absolute Gasteiger partial charge is 0.369 e. The minimum atomic E-state index is -0.749. The van der Waals surface area contributed by atoms with E-state index in [-0.39, 0.29) is 12.5 Å². The number of carbonyl (C=O) groups excluding carboxylic acids is 1. The number of hydrogen-bond donors (Lipinski definition) is 2. The summed E-state index contributed by atoms with van der Waals surface area (Å²) in [6, 6.07) is 9.34. The molecule has 1 aromatic rings. The van der Waals surface area contributed by atoms with E-state index in [0.717, 1.165) is 5.56 Å². The molecule has 0 bridgehead atoms. The fourth-order valence-electron chi connectivity index (χ4n) is 1.17. The summed E-state index contributed by atoms with van der Waals surface area (Å²) < 4.78 is 0. The van der Waals surface area contributed by atoms with Crippen LogP contribution in [-0.4, -0.2) is 12.5 Å². The van der Waals surface area contributed by atoms with E-state index in [2.05, 4.69) is 0 Å². The van der Waals surface area contributed by atoms with Gasteiger partial charge in [-0.05, 0) is 12.5 Å². The average molecular weight is 178 g/mol. The summed E-state index contributed by atoms with van der Waals surface area (Å²) in [6.45, 7) is 1.98. The van der Waals surface area contributed by atoms with Gasteiger partial charge in [-0.15, -0.1) is 0 Å². The third-order valence-corrected chi connectivity index (χ3v) is 2.36. The third kappa shape index (κ3) is 1.70. The molecule has 0 aliphatic heterocycles. The molecule has 0 spiro atoms. The second kappa shape index (κ2) is 3.58. The SMILES string of the molecule is CC(CN)(C(N)=O)c1ccccc1. The third-order valence-electron chi connectivity index (χ3n) is 2.36. The molecule has 0 fully saturated rings. The molecule has 3 heteroatoms. The first-order valence-electron chi connectivity index (χ1n) is 4.17. The second-order valence-electron chi connectivity index (χ2n) is 3.27. The summed E-state index contributed by atoms with van der Waals surface area (Å²) in [4.78, 5) is 11.2. The van der Waals surface area contributed by atoms with Crippen LogP contribution in [0.25, 0.3) is 0 Å². The van der Waals surface area contributed by atoms with Gasteiger partial charge in [0.2, 0.25) is 5.91 Å². The number of hydrogen-bond acceptors (Lipinski definition) is 2. The Morgan fingerprint density at radius 2 is 1.92 bits per heavy atom. The topological polar surface area (TPSA) is 69.1 Å². The smallest absolute Gasteiger partial charge is 0.229 e. The number of nitrogens with two attached hydrogens (primary N) is 2. The van der Waals surface area contributed by atoms with Gasteiger partial charge < -0.3 is 11.5 Å². The van der Waals surface area contributed by atoms with Gasteiger partial charge in [0.15, 0.2) is 0 Å². The van der Waals surface area contributed by atoms with E-state index in [1.54, 1.807) is 6.92 Å². The van der Waals surface area contributed by atoms with Gasteiger partial charge in [-0.3, -0.25) is 4.79 Å². The molecule has 0 radical (unpaired) electrons. The Bertz CT molecular complexity index is 297. The summed E-state index contributed by atoms with van der Waals surface area (Å²) >= 11 is 0. The van der Waals surface area contributed by atoms with Crippen molar-refractivity contribution in [2.45, 2.75) is 12.3 Å². The average Bonchev–Trinajstić information content (AvgIpc) is 2.17.